The Kier molecular flexibility index (Phi) is 3.31. The molecule has 0 bridgehead atoms. The first-order valence-corrected chi connectivity index (χ1v) is 5.55. The van der Waals surface area contributed by atoms with Crippen LogP contribution in [0.5, 0.6) is 5.75 Å². The lowest BCUT2D eigenvalue weighted by atomic mass is 10.2. The molecule has 1 heterocycles. The summed E-state index contributed by atoms with van der Waals surface area (Å²) < 4.78 is 1.33. The van der Waals surface area contributed by atoms with E-state index in [0.717, 1.165) is 0 Å². The van der Waals surface area contributed by atoms with Crippen LogP contribution in [0.25, 0.3) is 10.9 Å². The Labute approximate surface area is 103 Å². The second kappa shape index (κ2) is 4.73. The number of phenolic OH excluding ortho intramolecular Hbond substituents is 1. The molecule has 0 aliphatic rings. The quantitative estimate of drug-likeness (QED) is 0.800. The van der Waals surface area contributed by atoms with Gasteiger partial charge in [0.2, 0.25) is 5.28 Å². The summed E-state index contributed by atoms with van der Waals surface area (Å²) in [5.74, 6) is -0.0742. The zero-order valence-corrected chi connectivity index (χ0v) is 10.0. The van der Waals surface area contributed by atoms with Crippen LogP contribution in [0, 0.1) is 0 Å². The van der Waals surface area contributed by atoms with E-state index >= 15 is 0 Å². The lowest BCUT2D eigenvalue weighted by Gasteiger charge is -2.09. The second-order valence-corrected chi connectivity index (χ2v) is 3.95. The molecule has 5 nitrogen and oxygen atoms in total. The number of likely N-dealkylation sites (N-methyl/N-ethyl adjacent to an activating group) is 1. The molecule has 0 atom stereocenters. The minimum Gasteiger partial charge on any atom is -0.507 e. The van der Waals surface area contributed by atoms with Gasteiger partial charge in [-0.05, 0) is 30.8 Å². The fraction of sp³-hybridized carbons (Fsp3) is 0.273. The van der Waals surface area contributed by atoms with Gasteiger partial charge >= 0.3 is 0 Å². The van der Waals surface area contributed by atoms with Gasteiger partial charge in [-0.25, -0.2) is 4.98 Å². The number of benzene rings is 1. The maximum atomic E-state index is 12.1. The first kappa shape index (κ1) is 11.9. The molecule has 0 unspecified atom stereocenters. The summed E-state index contributed by atoms with van der Waals surface area (Å²) in [6.45, 7) is 1.01. The molecule has 1 aromatic carbocycles. The molecule has 90 valence electrons. The molecule has 2 rings (SSSR count). The number of hydrogen-bond acceptors (Lipinski definition) is 4. The average Bonchev–Trinajstić information content (AvgIpc) is 2.28. The monoisotopic (exact) mass is 253 g/mol. The Balaban J connectivity index is 2.70. The molecule has 2 aromatic rings. The van der Waals surface area contributed by atoms with Crippen LogP contribution in [0.3, 0.4) is 0 Å². The van der Waals surface area contributed by atoms with Gasteiger partial charge in [0.05, 0.1) is 5.52 Å². The number of phenols is 1. The van der Waals surface area contributed by atoms with Gasteiger partial charge in [0.1, 0.15) is 11.1 Å². The second-order valence-electron chi connectivity index (χ2n) is 3.61. The van der Waals surface area contributed by atoms with E-state index in [2.05, 4.69) is 10.3 Å². The Morgan fingerprint density at radius 3 is 3.00 bits per heavy atom. The summed E-state index contributed by atoms with van der Waals surface area (Å²) in [6.07, 6.45) is 0. The number of nitrogens with one attached hydrogen (secondary N) is 1. The predicted molar refractivity (Wildman–Crippen MR) is 66.6 cm³/mol. The van der Waals surface area contributed by atoms with Crippen molar-refractivity contribution in [2.24, 2.45) is 0 Å². The van der Waals surface area contributed by atoms with Crippen LogP contribution in [-0.2, 0) is 6.54 Å². The maximum Gasteiger partial charge on any atom is 0.266 e. The number of aromatic hydroxyl groups is 1. The van der Waals surface area contributed by atoms with Crippen molar-refractivity contribution in [2.75, 3.05) is 13.6 Å². The standard InChI is InChI=1S/C11H12ClN3O2/c1-13-5-6-15-10(17)9-7(14-11(15)12)3-2-4-8(9)16/h2-4,13,16H,5-6H2,1H3. The van der Waals surface area contributed by atoms with Crippen LogP contribution >= 0.6 is 11.6 Å². The van der Waals surface area contributed by atoms with Crippen LogP contribution in [-0.4, -0.2) is 28.3 Å². The van der Waals surface area contributed by atoms with Gasteiger partial charge in [0.25, 0.3) is 5.56 Å². The van der Waals surface area contributed by atoms with Gasteiger partial charge in [0.15, 0.2) is 0 Å². The highest BCUT2D eigenvalue weighted by atomic mass is 35.5. The third kappa shape index (κ3) is 2.11. The Morgan fingerprint density at radius 2 is 2.29 bits per heavy atom. The number of hydrogen-bond donors (Lipinski definition) is 2. The average molecular weight is 254 g/mol. The smallest absolute Gasteiger partial charge is 0.266 e. The molecule has 1 aromatic heterocycles. The molecule has 0 aliphatic heterocycles. The number of rotatable bonds is 3. The highest BCUT2D eigenvalue weighted by molar-refractivity contribution is 6.28. The lowest BCUT2D eigenvalue weighted by Crippen LogP contribution is -2.27. The first-order valence-electron chi connectivity index (χ1n) is 5.17. The zero-order chi connectivity index (χ0) is 12.4. The van der Waals surface area contributed by atoms with E-state index in [-0.39, 0.29) is 22.0 Å². The van der Waals surface area contributed by atoms with Crippen molar-refractivity contribution in [1.82, 2.24) is 14.9 Å². The van der Waals surface area contributed by atoms with Crippen LogP contribution < -0.4 is 10.9 Å². The van der Waals surface area contributed by atoms with Crippen molar-refractivity contribution in [1.29, 1.82) is 0 Å². The van der Waals surface area contributed by atoms with Crippen molar-refractivity contribution in [3.63, 3.8) is 0 Å². The summed E-state index contributed by atoms with van der Waals surface area (Å²) in [5.41, 5.74) is 0.0778. The molecule has 0 amide bonds. The van der Waals surface area contributed by atoms with E-state index in [1.807, 2.05) is 0 Å². The zero-order valence-electron chi connectivity index (χ0n) is 9.27. The van der Waals surface area contributed by atoms with Crippen LogP contribution in [0.1, 0.15) is 0 Å². The largest absolute Gasteiger partial charge is 0.507 e. The van der Waals surface area contributed by atoms with E-state index in [4.69, 9.17) is 11.6 Å². The van der Waals surface area contributed by atoms with Crippen LogP contribution in [0.4, 0.5) is 0 Å². The first-order chi connectivity index (χ1) is 8.15. The maximum absolute atomic E-state index is 12.1. The van der Waals surface area contributed by atoms with E-state index in [1.54, 1.807) is 19.2 Å². The summed E-state index contributed by atoms with van der Waals surface area (Å²) in [7, 11) is 1.78. The van der Waals surface area contributed by atoms with Gasteiger partial charge in [0, 0.05) is 13.1 Å². The molecular weight excluding hydrogens is 242 g/mol. The van der Waals surface area contributed by atoms with Crippen molar-refractivity contribution in [3.8, 4) is 5.75 Å². The molecule has 0 saturated heterocycles. The number of nitrogens with zero attached hydrogens (tertiary/aromatic N) is 2. The molecule has 0 radical (unpaired) electrons. The number of aromatic nitrogens is 2. The van der Waals surface area contributed by atoms with Crippen LogP contribution in [0.2, 0.25) is 5.28 Å². The van der Waals surface area contributed by atoms with E-state index < -0.39 is 0 Å². The van der Waals surface area contributed by atoms with E-state index in [9.17, 15) is 9.90 Å². The van der Waals surface area contributed by atoms with Gasteiger partial charge in [-0.2, -0.15) is 0 Å². The van der Waals surface area contributed by atoms with E-state index in [1.165, 1.54) is 10.6 Å². The molecule has 0 saturated carbocycles. The molecule has 0 fully saturated rings. The van der Waals surface area contributed by atoms with Crippen LogP contribution in [0.15, 0.2) is 23.0 Å². The van der Waals surface area contributed by atoms with Crippen molar-refractivity contribution in [3.05, 3.63) is 33.8 Å². The number of fused-ring (bicyclic) bond motifs is 1. The molecule has 17 heavy (non-hydrogen) atoms. The SMILES string of the molecule is CNCCn1c(Cl)nc2cccc(O)c2c1=O. The Hall–Kier alpha value is -1.59. The fourth-order valence-electron chi connectivity index (χ4n) is 1.64. The summed E-state index contributed by atoms with van der Waals surface area (Å²) in [4.78, 5) is 16.2. The molecule has 0 spiro atoms. The van der Waals surface area contributed by atoms with Crippen molar-refractivity contribution in [2.45, 2.75) is 6.54 Å². The van der Waals surface area contributed by atoms with Gasteiger partial charge in [-0.1, -0.05) is 6.07 Å². The minimum atomic E-state index is -0.326. The Bertz CT molecular complexity index is 609. The minimum absolute atomic E-state index is 0.0742. The normalized spacial score (nSPS) is 10.9. The number of halogens is 1. The third-order valence-electron chi connectivity index (χ3n) is 2.50. The molecule has 2 N–H and O–H groups in total. The summed E-state index contributed by atoms with van der Waals surface area (Å²) in [6, 6.07) is 4.73. The molecular formula is C11H12ClN3O2. The summed E-state index contributed by atoms with van der Waals surface area (Å²) in [5, 5.41) is 12.9. The topological polar surface area (TPSA) is 67.2 Å². The summed E-state index contributed by atoms with van der Waals surface area (Å²) >= 11 is 5.94. The fourth-order valence-corrected chi connectivity index (χ4v) is 1.89. The molecule has 6 heteroatoms. The Morgan fingerprint density at radius 1 is 1.53 bits per heavy atom. The van der Waals surface area contributed by atoms with E-state index in [0.29, 0.717) is 18.6 Å². The van der Waals surface area contributed by atoms with Gasteiger partial charge in [-0.15, -0.1) is 0 Å². The highest BCUT2D eigenvalue weighted by Gasteiger charge is 2.11. The third-order valence-corrected chi connectivity index (χ3v) is 2.79. The molecule has 0 aliphatic carbocycles. The van der Waals surface area contributed by atoms with Gasteiger partial charge in [-0.3, -0.25) is 9.36 Å². The van der Waals surface area contributed by atoms with Gasteiger partial charge < -0.3 is 10.4 Å². The lowest BCUT2D eigenvalue weighted by molar-refractivity contribution is 0.480. The van der Waals surface area contributed by atoms with Crippen molar-refractivity contribution < 1.29 is 5.11 Å². The van der Waals surface area contributed by atoms with Crippen molar-refractivity contribution >= 4 is 22.5 Å². The predicted octanol–water partition coefficient (Wildman–Crippen LogP) is 0.975. The highest BCUT2D eigenvalue weighted by Crippen LogP contribution is 2.20.